The van der Waals surface area contributed by atoms with Gasteiger partial charge >= 0.3 is 0 Å². The molecule has 1 aromatic heterocycles. The van der Waals surface area contributed by atoms with E-state index in [9.17, 15) is 4.79 Å². The fourth-order valence-corrected chi connectivity index (χ4v) is 4.84. The number of aromatic nitrogens is 2. The third-order valence-electron chi connectivity index (χ3n) is 6.91. The second-order valence-electron chi connectivity index (χ2n) is 8.95. The number of hydrogen-bond acceptors (Lipinski definition) is 6. The molecule has 3 heterocycles. The van der Waals surface area contributed by atoms with E-state index in [1.54, 1.807) is 0 Å². The standard InChI is InChI=1S/C22H36N6O/c1-25-11-13-26(14-12-25)20-8-9-21(24-23-20)27-15-17-28(18-16-27)22(29)10-7-19-5-3-2-4-6-19/h8-9,19H,2-7,10-18H2,1H3. The molecule has 0 radical (unpaired) electrons. The number of nitrogens with zero attached hydrogens (tertiary/aromatic N) is 6. The molecule has 0 bridgehead atoms. The Morgan fingerprint density at radius 1 is 0.862 bits per heavy atom. The molecular formula is C22H36N6O. The average Bonchev–Trinajstić information content (AvgIpc) is 2.79. The number of anilines is 2. The SMILES string of the molecule is CN1CCN(c2ccc(N3CCN(C(=O)CCC4CCCCC4)CC3)nn2)CC1. The van der Waals surface area contributed by atoms with E-state index in [0.717, 1.165) is 82.8 Å². The predicted molar refractivity (Wildman–Crippen MR) is 116 cm³/mol. The molecule has 0 aromatic carbocycles. The smallest absolute Gasteiger partial charge is 0.222 e. The van der Waals surface area contributed by atoms with Gasteiger partial charge in [0.05, 0.1) is 0 Å². The molecule has 1 saturated carbocycles. The van der Waals surface area contributed by atoms with Crippen LogP contribution in [0.15, 0.2) is 12.1 Å². The van der Waals surface area contributed by atoms with Crippen molar-refractivity contribution < 1.29 is 4.79 Å². The summed E-state index contributed by atoms with van der Waals surface area (Å²) in [7, 11) is 2.16. The number of carbonyl (C=O) groups is 1. The van der Waals surface area contributed by atoms with Crippen LogP contribution in [-0.4, -0.2) is 85.3 Å². The lowest BCUT2D eigenvalue weighted by Crippen LogP contribution is -2.49. The second-order valence-corrected chi connectivity index (χ2v) is 8.95. The quantitative estimate of drug-likeness (QED) is 0.756. The van der Waals surface area contributed by atoms with Crippen LogP contribution < -0.4 is 9.80 Å². The summed E-state index contributed by atoms with van der Waals surface area (Å²) < 4.78 is 0. The van der Waals surface area contributed by atoms with Gasteiger partial charge in [0.2, 0.25) is 5.91 Å². The fourth-order valence-electron chi connectivity index (χ4n) is 4.84. The predicted octanol–water partition coefficient (Wildman–Crippen LogP) is 2.24. The third kappa shape index (κ3) is 5.38. The maximum absolute atomic E-state index is 12.6. The van der Waals surface area contributed by atoms with E-state index >= 15 is 0 Å². The van der Waals surface area contributed by atoms with Crippen molar-refractivity contribution in [2.75, 3.05) is 69.2 Å². The van der Waals surface area contributed by atoms with Crippen molar-refractivity contribution in [3.63, 3.8) is 0 Å². The lowest BCUT2D eigenvalue weighted by molar-refractivity contribution is -0.131. The van der Waals surface area contributed by atoms with Crippen molar-refractivity contribution in [1.29, 1.82) is 0 Å². The molecule has 1 aliphatic carbocycles. The molecule has 29 heavy (non-hydrogen) atoms. The summed E-state index contributed by atoms with van der Waals surface area (Å²) in [6.07, 6.45) is 8.54. The van der Waals surface area contributed by atoms with Crippen molar-refractivity contribution in [2.24, 2.45) is 5.92 Å². The van der Waals surface area contributed by atoms with Crippen LogP contribution >= 0.6 is 0 Å². The van der Waals surface area contributed by atoms with Crippen LogP contribution in [0.1, 0.15) is 44.9 Å². The van der Waals surface area contributed by atoms with Crippen LogP contribution in [0.2, 0.25) is 0 Å². The van der Waals surface area contributed by atoms with Crippen molar-refractivity contribution in [3.05, 3.63) is 12.1 Å². The van der Waals surface area contributed by atoms with E-state index in [4.69, 9.17) is 0 Å². The highest BCUT2D eigenvalue weighted by Gasteiger charge is 2.24. The molecule has 2 aliphatic heterocycles. The van der Waals surface area contributed by atoms with Crippen LogP contribution in [0.3, 0.4) is 0 Å². The lowest BCUT2D eigenvalue weighted by atomic mass is 9.86. The summed E-state index contributed by atoms with van der Waals surface area (Å²) in [4.78, 5) is 21.5. The summed E-state index contributed by atoms with van der Waals surface area (Å²) in [5.74, 6) is 3.02. The topological polar surface area (TPSA) is 55.8 Å². The third-order valence-corrected chi connectivity index (χ3v) is 6.91. The van der Waals surface area contributed by atoms with E-state index in [1.807, 2.05) is 4.90 Å². The van der Waals surface area contributed by atoms with E-state index in [0.29, 0.717) is 5.91 Å². The minimum atomic E-state index is 0.340. The molecular weight excluding hydrogens is 364 g/mol. The van der Waals surface area contributed by atoms with Gasteiger partial charge in [0, 0.05) is 58.8 Å². The monoisotopic (exact) mass is 400 g/mol. The van der Waals surface area contributed by atoms with Gasteiger partial charge in [0.1, 0.15) is 0 Å². The van der Waals surface area contributed by atoms with Crippen molar-refractivity contribution in [1.82, 2.24) is 20.0 Å². The molecule has 0 unspecified atom stereocenters. The van der Waals surface area contributed by atoms with E-state index in [-0.39, 0.29) is 0 Å². The van der Waals surface area contributed by atoms with Crippen LogP contribution in [0, 0.1) is 5.92 Å². The maximum atomic E-state index is 12.6. The molecule has 1 aromatic rings. The Hall–Kier alpha value is -1.89. The van der Waals surface area contributed by atoms with Gasteiger partial charge in [-0.25, -0.2) is 0 Å². The molecule has 1 amide bonds. The van der Waals surface area contributed by atoms with E-state index in [1.165, 1.54) is 32.1 Å². The number of piperazine rings is 2. The van der Waals surface area contributed by atoms with Gasteiger partial charge in [-0.1, -0.05) is 32.1 Å². The first kappa shape index (κ1) is 20.4. The zero-order valence-corrected chi connectivity index (χ0v) is 17.9. The van der Waals surface area contributed by atoms with E-state index in [2.05, 4.69) is 44.1 Å². The highest BCUT2D eigenvalue weighted by molar-refractivity contribution is 5.76. The lowest BCUT2D eigenvalue weighted by Gasteiger charge is -2.36. The first-order valence-corrected chi connectivity index (χ1v) is 11.5. The summed E-state index contributed by atoms with van der Waals surface area (Å²) >= 11 is 0. The Morgan fingerprint density at radius 3 is 1.97 bits per heavy atom. The van der Waals surface area contributed by atoms with Crippen LogP contribution in [-0.2, 0) is 4.79 Å². The van der Waals surface area contributed by atoms with Crippen molar-refractivity contribution >= 4 is 17.5 Å². The Kier molecular flexibility index (Phi) is 6.85. The summed E-state index contributed by atoms with van der Waals surface area (Å²) in [6, 6.07) is 4.18. The van der Waals surface area contributed by atoms with E-state index < -0.39 is 0 Å². The normalized spacial score (nSPS) is 22.2. The highest BCUT2D eigenvalue weighted by atomic mass is 16.2. The molecule has 0 N–H and O–H groups in total. The van der Waals surface area contributed by atoms with Gasteiger partial charge in [-0.15, -0.1) is 10.2 Å². The van der Waals surface area contributed by atoms with Gasteiger partial charge in [-0.3, -0.25) is 4.79 Å². The molecule has 7 nitrogen and oxygen atoms in total. The molecule has 2 saturated heterocycles. The minimum Gasteiger partial charge on any atom is -0.353 e. The molecule has 0 atom stereocenters. The van der Waals surface area contributed by atoms with Gasteiger partial charge < -0.3 is 19.6 Å². The zero-order valence-electron chi connectivity index (χ0n) is 17.9. The molecule has 0 spiro atoms. The first-order chi connectivity index (χ1) is 14.2. The van der Waals surface area contributed by atoms with Crippen molar-refractivity contribution in [3.8, 4) is 0 Å². The Labute approximate surface area is 175 Å². The van der Waals surface area contributed by atoms with Crippen LogP contribution in [0.5, 0.6) is 0 Å². The molecule has 160 valence electrons. The van der Waals surface area contributed by atoms with Crippen LogP contribution in [0.4, 0.5) is 11.6 Å². The van der Waals surface area contributed by atoms with Crippen molar-refractivity contribution in [2.45, 2.75) is 44.9 Å². The molecule has 4 rings (SSSR count). The largest absolute Gasteiger partial charge is 0.353 e. The highest BCUT2D eigenvalue weighted by Crippen LogP contribution is 2.27. The first-order valence-electron chi connectivity index (χ1n) is 11.5. The molecule has 3 fully saturated rings. The number of rotatable bonds is 5. The number of amides is 1. The summed E-state index contributed by atoms with van der Waals surface area (Å²) in [5.41, 5.74) is 0. The molecule has 3 aliphatic rings. The Bertz CT molecular complexity index is 644. The summed E-state index contributed by atoms with van der Waals surface area (Å²) in [5, 5.41) is 8.95. The Morgan fingerprint density at radius 2 is 1.41 bits per heavy atom. The molecule has 7 heteroatoms. The van der Waals surface area contributed by atoms with Gasteiger partial charge in [-0.05, 0) is 31.5 Å². The zero-order chi connectivity index (χ0) is 20.1. The number of carbonyl (C=O) groups excluding carboxylic acids is 1. The van der Waals surface area contributed by atoms with Crippen LogP contribution in [0.25, 0.3) is 0 Å². The van der Waals surface area contributed by atoms with Gasteiger partial charge in [0.15, 0.2) is 11.6 Å². The van der Waals surface area contributed by atoms with Gasteiger partial charge in [-0.2, -0.15) is 0 Å². The maximum Gasteiger partial charge on any atom is 0.222 e. The van der Waals surface area contributed by atoms with Gasteiger partial charge in [0.25, 0.3) is 0 Å². The Balaban J connectivity index is 1.22. The summed E-state index contributed by atoms with van der Waals surface area (Å²) in [6.45, 7) is 7.44. The number of hydrogen-bond donors (Lipinski definition) is 0. The number of likely N-dealkylation sites (N-methyl/N-ethyl adjacent to an activating group) is 1. The minimum absolute atomic E-state index is 0.340. The second kappa shape index (κ2) is 9.74. The fraction of sp³-hybridized carbons (Fsp3) is 0.773. The average molecular weight is 401 g/mol.